The normalized spacial score (nSPS) is 12.5. The lowest BCUT2D eigenvalue weighted by Crippen LogP contribution is -2.12. The van der Waals surface area contributed by atoms with Crippen LogP contribution in [0, 0.1) is 0 Å². The molecule has 0 aliphatic carbocycles. The molecular weight excluding hydrogens is 266 g/mol. The molecule has 0 spiro atoms. The van der Waals surface area contributed by atoms with Gasteiger partial charge in [-0.05, 0) is 19.9 Å². The molecule has 0 amide bonds. The van der Waals surface area contributed by atoms with Gasteiger partial charge in [0.15, 0.2) is 9.84 Å². The zero-order valence-electron chi connectivity index (χ0n) is 8.77. The van der Waals surface area contributed by atoms with Crippen LogP contribution in [0.2, 0.25) is 5.02 Å². The zero-order valence-corrected chi connectivity index (χ0v) is 11.2. The van der Waals surface area contributed by atoms with Crippen molar-refractivity contribution in [1.29, 1.82) is 0 Å². The van der Waals surface area contributed by atoms with Crippen LogP contribution < -0.4 is 0 Å². The molecule has 86 valence electrons. The fraction of sp³-hybridized carbons (Fsp3) is 0.300. The zero-order chi connectivity index (χ0) is 11.9. The number of pyridine rings is 1. The summed E-state index contributed by atoms with van der Waals surface area (Å²) in [6.45, 7) is 3.33. The van der Waals surface area contributed by atoms with Crippen molar-refractivity contribution in [3.63, 3.8) is 0 Å². The predicted octanol–water partition coefficient (Wildman–Crippen LogP) is 3.13. The Labute approximate surface area is 103 Å². The maximum atomic E-state index is 12.0. The second-order valence-corrected chi connectivity index (χ2v) is 7.89. The van der Waals surface area contributed by atoms with E-state index in [-0.39, 0.29) is 0 Å². The van der Waals surface area contributed by atoms with Crippen molar-refractivity contribution in [1.82, 2.24) is 4.98 Å². The highest BCUT2D eigenvalue weighted by Crippen LogP contribution is 2.34. The Morgan fingerprint density at radius 3 is 2.62 bits per heavy atom. The van der Waals surface area contributed by atoms with E-state index in [0.29, 0.717) is 9.23 Å². The number of sulfone groups is 1. The van der Waals surface area contributed by atoms with Crippen molar-refractivity contribution < 1.29 is 8.42 Å². The average Bonchev–Trinajstić information content (AvgIpc) is 2.63. The summed E-state index contributed by atoms with van der Waals surface area (Å²) in [5.74, 6) is 0. The molecule has 0 fully saturated rings. The third-order valence-electron chi connectivity index (χ3n) is 2.26. The first-order valence-corrected chi connectivity index (χ1v) is 7.44. The molecule has 0 unspecified atom stereocenters. The summed E-state index contributed by atoms with van der Waals surface area (Å²) in [4.78, 5) is 3.93. The minimum Gasteiger partial charge on any atom is -0.262 e. The Hall–Kier alpha value is -0.650. The lowest BCUT2D eigenvalue weighted by molar-refractivity contribution is 0.589. The number of halogens is 1. The summed E-state index contributed by atoms with van der Waals surface area (Å²) in [5.41, 5.74) is 0. The van der Waals surface area contributed by atoms with Gasteiger partial charge in [-0.25, -0.2) is 8.42 Å². The van der Waals surface area contributed by atoms with Crippen LogP contribution in [0.3, 0.4) is 0 Å². The molecule has 0 radical (unpaired) electrons. The van der Waals surface area contributed by atoms with Crippen molar-refractivity contribution in [2.24, 2.45) is 0 Å². The van der Waals surface area contributed by atoms with Crippen molar-refractivity contribution in [2.75, 3.05) is 0 Å². The second-order valence-electron chi connectivity index (χ2n) is 3.70. The van der Waals surface area contributed by atoms with E-state index in [4.69, 9.17) is 11.6 Å². The predicted molar refractivity (Wildman–Crippen MR) is 67.0 cm³/mol. The van der Waals surface area contributed by atoms with Gasteiger partial charge in [0.25, 0.3) is 0 Å². The van der Waals surface area contributed by atoms with Gasteiger partial charge in [-0.15, -0.1) is 11.3 Å². The summed E-state index contributed by atoms with van der Waals surface area (Å²) >= 11 is 7.15. The molecule has 2 aromatic rings. The molecule has 3 nitrogen and oxygen atoms in total. The smallest absolute Gasteiger partial charge is 0.190 e. The van der Waals surface area contributed by atoms with Gasteiger partial charge in [0.2, 0.25) is 0 Å². The number of aromatic nitrogens is 1. The van der Waals surface area contributed by atoms with Gasteiger partial charge in [0.05, 0.1) is 15.0 Å². The first-order valence-electron chi connectivity index (χ1n) is 4.70. The second kappa shape index (κ2) is 3.98. The van der Waals surface area contributed by atoms with Crippen molar-refractivity contribution in [2.45, 2.75) is 23.3 Å². The highest BCUT2D eigenvalue weighted by atomic mass is 35.5. The SMILES string of the molecule is CC(C)S(=O)(=O)c1cc2cncc(Cl)c2s1. The number of hydrogen-bond acceptors (Lipinski definition) is 4. The molecule has 2 aromatic heterocycles. The molecule has 6 heteroatoms. The Balaban J connectivity index is 2.70. The lowest BCUT2D eigenvalue weighted by atomic mass is 10.3. The van der Waals surface area contributed by atoms with Crippen LogP contribution in [0.5, 0.6) is 0 Å². The van der Waals surface area contributed by atoms with E-state index in [0.717, 1.165) is 10.1 Å². The number of thiophene rings is 1. The van der Waals surface area contributed by atoms with Gasteiger partial charge < -0.3 is 0 Å². The van der Waals surface area contributed by atoms with Gasteiger partial charge in [-0.1, -0.05) is 11.6 Å². The van der Waals surface area contributed by atoms with Crippen LogP contribution in [-0.2, 0) is 9.84 Å². The largest absolute Gasteiger partial charge is 0.262 e. The summed E-state index contributed by atoms with van der Waals surface area (Å²) in [6.07, 6.45) is 3.14. The van der Waals surface area contributed by atoms with Crippen LogP contribution in [-0.4, -0.2) is 18.7 Å². The molecule has 0 aliphatic rings. The quantitative estimate of drug-likeness (QED) is 0.846. The molecule has 16 heavy (non-hydrogen) atoms. The minimum absolute atomic E-state index is 0.354. The maximum Gasteiger partial charge on any atom is 0.190 e. The molecule has 0 saturated heterocycles. The van der Waals surface area contributed by atoms with Gasteiger partial charge >= 0.3 is 0 Å². The summed E-state index contributed by atoms with van der Waals surface area (Å²) in [7, 11) is -3.22. The highest BCUT2D eigenvalue weighted by molar-refractivity contribution is 7.94. The summed E-state index contributed by atoms with van der Waals surface area (Å²) in [6, 6.07) is 1.63. The fourth-order valence-electron chi connectivity index (χ4n) is 1.28. The summed E-state index contributed by atoms with van der Waals surface area (Å²) < 4.78 is 25.0. The molecule has 2 rings (SSSR count). The topological polar surface area (TPSA) is 47.0 Å². The van der Waals surface area contributed by atoms with Crippen LogP contribution in [0.15, 0.2) is 22.7 Å². The van der Waals surface area contributed by atoms with Gasteiger partial charge in [0, 0.05) is 17.8 Å². The summed E-state index contributed by atoms with van der Waals surface area (Å²) in [5, 5.41) is 0.844. The van der Waals surface area contributed by atoms with E-state index >= 15 is 0 Å². The van der Waals surface area contributed by atoms with E-state index in [2.05, 4.69) is 4.98 Å². The Morgan fingerprint density at radius 1 is 1.38 bits per heavy atom. The third kappa shape index (κ3) is 1.83. The molecular formula is C10H10ClNO2S2. The van der Waals surface area contributed by atoms with Crippen LogP contribution in [0.4, 0.5) is 0 Å². The molecule has 0 saturated carbocycles. The Morgan fingerprint density at radius 2 is 2.06 bits per heavy atom. The number of rotatable bonds is 2. The molecule has 0 bridgehead atoms. The average molecular weight is 276 g/mol. The van der Waals surface area contributed by atoms with Gasteiger partial charge in [-0.2, -0.15) is 0 Å². The highest BCUT2D eigenvalue weighted by Gasteiger charge is 2.22. The lowest BCUT2D eigenvalue weighted by Gasteiger charge is -2.03. The maximum absolute atomic E-state index is 12.0. The molecule has 0 N–H and O–H groups in total. The third-order valence-corrected chi connectivity index (χ3v) is 6.50. The number of hydrogen-bond donors (Lipinski definition) is 0. The minimum atomic E-state index is -3.22. The van der Waals surface area contributed by atoms with Crippen molar-refractivity contribution in [3.8, 4) is 0 Å². The molecule has 2 heterocycles. The van der Waals surface area contributed by atoms with Gasteiger partial charge in [0.1, 0.15) is 4.21 Å². The van der Waals surface area contributed by atoms with Crippen molar-refractivity contribution in [3.05, 3.63) is 23.5 Å². The molecule has 0 aliphatic heterocycles. The van der Waals surface area contributed by atoms with E-state index in [1.165, 1.54) is 17.5 Å². The number of nitrogens with zero attached hydrogens (tertiary/aromatic N) is 1. The van der Waals surface area contributed by atoms with Crippen LogP contribution >= 0.6 is 22.9 Å². The Bertz CT molecular complexity index is 631. The first-order chi connectivity index (χ1) is 7.43. The van der Waals surface area contributed by atoms with E-state index < -0.39 is 15.1 Å². The number of fused-ring (bicyclic) bond motifs is 1. The van der Waals surface area contributed by atoms with Crippen molar-refractivity contribution >= 4 is 42.9 Å². The molecule has 0 aromatic carbocycles. The standard InChI is InChI=1S/C10H10ClNO2S2/c1-6(2)16(13,14)9-3-7-4-12-5-8(11)10(7)15-9/h3-6H,1-2H3. The molecule has 0 atom stereocenters. The monoisotopic (exact) mass is 275 g/mol. The van der Waals surface area contributed by atoms with E-state index in [1.54, 1.807) is 26.1 Å². The fourth-order valence-corrected chi connectivity index (χ4v) is 4.37. The van der Waals surface area contributed by atoms with Crippen LogP contribution in [0.25, 0.3) is 10.1 Å². The van der Waals surface area contributed by atoms with E-state index in [1.807, 2.05) is 0 Å². The first kappa shape index (κ1) is 11.8. The van der Waals surface area contributed by atoms with Crippen LogP contribution in [0.1, 0.15) is 13.8 Å². The Kier molecular flexibility index (Phi) is 2.94. The van der Waals surface area contributed by atoms with Gasteiger partial charge in [-0.3, -0.25) is 4.98 Å². The van der Waals surface area contributed by atoms with E-state index in [9.17, 15) is 8.42 Å².